The third-order valence-electron chi connectivity index (χ3n) is 4.07. The van der Waals surface area contributed by atoms with Gasteiger partial charge in [-0.05, 0) is 42.7 Å². The number of hydrogen-bond donors (Lipinski definition) is 2. The first-order chi connectivity index (χ1) is 9.45. The molecule has 1 saturated carbocycles. The van der Waals surface area contributed by atoms with E-state index in [1.807, 2.05) is 19.9 Å². The number of carbonyl (C=O) groups excluding carboxylic acids is 1. The number of nitrogens with one attached hydrogen (secondary N) is 1. The SMILES string of the molecule is CC1CCC(CNC(=O)c2cc(N)nc(C(C)C)c2)C1. The number of aromatic nitrogens is 1. The highest BCUT2D eigenvalue weighted by molar-refractivity contribution is 5.94. The first-order valence-corrected chi connectivity index (χ1v) is 7.51. The molecule has 1 heterocycles. The summed E-state index contributed by atoms with van der Waals surface area (Å²) >= 11 is 0. The number of nitrogens with zero attached hydrogens (tertiary/aromatic N) is 1. The standard InChI is InChI=1S/C16H25N3O/c1-10(2)14-7-13(8-15(17)19-14)16(20)18-9-12-5-4-11(3)6-12/h7-8,10-12H,4-6,9H2,1-3H3,(H2,17,19)(H,18,20). The molecule has 1 aromatic rings. The number of anilines is 1. The van der Waals surface area contributed by atoms with Crippen molar-refractivity contribution in [3.05, 3.63) is 23.4 Å². The Morgan fingerprint density at radius 2 is 2.20 bits per heavy atom. The summed E-state index contributed by atoms with van der Waals surface area (Å²) in [6.07, 6.45) is 3.72. The van der Waals surface area contributed by atoms with Crippen LogP contribution < -0.4 is 11.1 Å². The van der Waals surface area contributed by atoms with Crippen molar-refractivity contribution in [1.82, 2.24) is 10.3 Å². The fourth-order valence-corrected chi connectivity index (χ4v) is 2.85. The number of pyridine rings is 1. The number of nitrogen functional groups attached to an aromatic ring is 1. The summed E-state index contributed by atoms with van der Waals surface area (Å²) < 4.78 is 0. The predicted octanol–water partition coefficient (Wildman–Crippen LogP) is 2.95. The maximum absolute atomic E-state index is 12.2. The van der Waals surface area contributed by atoms with Gasteiger partial charge in [0.25, 0.3) is 5.91 Å². The van der Waals surface area contributed by atoms with E-state index in [0.717, 1.165) is 18.2 Å². The third kappa shape index (κ3) is 3.71. The second kappa shape index (κ2) is 6.25. The number of rotatable bonds is 4. The van der Waals surface area contributed by atoms with Gasteiger partial charge >= 0.3 is 0 Å². The minimum absolute atomic E-state index is 0.0412. The Morgan fingerprint density at radius 1 is 1.45 bits per heavy atom. The van der Waals surface area contributed by atoms with E-state index >= 15 is 0 Å². The van der Waals surface area contributed by atoms with Gasteiger partial charge in [-0.25, -0.2) is 4.98 Å². The van der Waals surface area contributed by atoms with Crippen molar-refractivity contribution in [2.75, 3.05) is 12.3 Å². The zero-order valence-electron chi connectivity index (χ0n) is 12.6. The molecule has 1 fully saturated rings. The Kier molecular flexibility index (Phi) is 4.63. The topological polar surface area (TPSA) is 68.0 Å². The van der Waals surface area contributed by atoms with Crippen LogP contribution in [0.15, 0.2) is 12.1 Å². The van der Waals surface area contributed by atoms with Crippen LogP contribution in [0.3, 0.4) is 0 Å². The van der Waals surface area contributed by atoms with Gasteiger partial charge in [-0.15, -0.1) is 0 Å². The van der Waals surface area contributed by atoms with Crippen molar-refractivity contribution in [3.8, 4) is 0 Å². The average Bonchev–Trinajstić information content (AvgIpc) is 2.81. The van der Waals surface area contributed by atoms with Crippen LogP contribution in [0.4, 0.5) is 5.82 Å². The quantitative estimate of drug-likeness (QED) is 0.887. The number of carbonyl (C=O) groups is 1. The predicted molar refractivity (Wildman–Crippen MR) is 81.6 cm³/mol. The molecular weight excluding hydrogens is 250 g/mol. The Bertz CT molecular complexity index is 485. The molecule has 110 valence electrons. The molecule has 0 aliphatic heterocycles. The summed E-state index contributed by atoms with van der Waals surface area (Å²) in [4.78, 5) is 16.5. The summed E-state index contributed by atoms with van der Waals surface area (Å²) in [5.74, 6) is 2.05. The molecule has 0 radical (unpaired) electrons. The van der Waals surface area contributed by atoms with Crippen LogP contribution in [0.1, 0.15) is 62.0 Å². The lowest BCUT2D eigenvalue weighted by atomic mass is 10.1. The van der Waals surface area contributed by atoms with Gasteiger partial charge < -0.3 is 11.1 Å². The van der Waals surface area contributed by atoms with Crippen LogP contribution in [0.25, 0.3) is 0 Å². The highest BCUT2D eigenvalue weighted by Gasteiger charge is 2.22. The molecule has 4 nitrogen and oxygen atoms in total. The summed E-state index contributed by atoms with van der Waals surface area (Å²) in [5, 5.41) is 3.03. The number of hydrogen-bond acceptors (Lipinski definition) is 3. The highest BCUT2D eigenvalue weighted by atomic mass is 16.1. The van der Waals surface area contributed by atoms with Gasteiger partial charge in [0.15, 0.2) is 0 Å². The van der Waals surface area contributed by atoms with Crippen LogP contribution in [-0.2, 0) is 0 Å². The summed E-state index contributed by atoms with van der Waals surface area (Å²) in [6.45, 7) is 7.13. The molecule has 0 aromatic carbocycles. The van der Waals surface area contributed by atoms with Gasteiger partial charge in [-0.2, -0.15) is 0 Å². The molecule has 0 saturated heterocycles. The van der Waals surface area contributed by atoms with Crippen molar-refractivity contribution in [2.24, 2.45) is 11.8 Å². The maximum atomic E-state index is 12.2. The normalized spacial score (nSPS) is 22.2. The molecule has 0 spiro atoms. The molecule has 3 N–H and O–H groups in total. The first kappa shape index (κ1) is 14.8. The Morgan fingerprint density at radius 3 is 2.80 bits per heavy atom. The van der Waals surface area contributed by atoms with Crippen molar-refractivity contribution in [1.29, 1.82) is 0 Å². The van der Waals surface area contributed by atoms with Crippen molar-refractivity contribution in [3.63, 3.8) is 0 Å². The summed E-state index contributed by atoms with van der Waals surface area (Å²) in [5.41, 5.74) is 7.26. The van der Waals surface area contributed by atoms with Gasteiger partial charge in [-0.3, -0.25) is 4.79 Å². The Labute approximate surface area is 121 Å². The molecule has 0 bridgehead atoms. The van der Waals surface area contributed by atoms with E-state index < -0.39 is 0 Å². The molecule has 2 atom stereocenters. The van der Waals surface area contributed by atoms with Crippen LogP contribution >= 0.6 is 0 Å². The van der Waals surface area contributed by atoms with Crippen LogP contribution in [0.2, 0.25) is 0 Å². The van der Waals surface area contributed by atoms with Gasteiger partial charge in [-0.1, -0.05) is 27.2 Å². The second-order valence-electron chi connectivity index (χ2n) is 6.35. The van der Waals surface area contributed by atoms with Gasteiger partial charge in [0.1, 0.15) is 5.82 Å². The largest absolute Gasteiger partial charge is 0.384 e. The van der Waals surface area contributed by atoms with E-state index in [-0.39, 0.29) is 11.8 Å². The average molecular weight is 275 g/mol. The van der Waals surface area contributed by atoms with Crippen LogP contribution in [-0.4, -0.2) is 17.4 Å². The first-order valence-electron chi connectivity index (χ1n) is 7.51. The van der Waals surface area contributed by atoms with Crippen molar-refractivity contribution < 1.29 is 4.79 Å². The fourth-order valence-electron chi connectivity index (χ4n) is 2.85. The van der Waals surface area contributed by atoms with Gasteiger partial charge in [0, 0.05) is 17.8 Å². The minimum atomic E-state index is -0.0412. The molecule has 1 aromatic heterocycles. The molecule has 2 rings (SSSR count). The van der Waals surface area contributed by atoms with Crippen molar-refractivity contribution >= 4 is 11.7 Å². The minimum Gasteiger partial charge on any atom is -0.384 e. The van der Waals surface area contributed by atoms with E-state index in [2.05, 4.69) is 17.2 Å². The smallest absolute Gasteiger partial charge is 0.251 e. The second-order valence-corrected chi connectivity index (χ2v) is 6.35. The van der Waals surface area contributed by atoms with Gasteiger partial charge in [0.2, 0.25) is 0 Å². The summed E-state index contributed by atoms with van der Waals surface area (Å²) in [6, 6.07) is 3.49. The lowest BCUT2D eigenvalue weighted by molar-refractivity contribution is 0.0947. The van der Waals surface area contributed by atoms with E-state index in [1.54, 1.807) is 6.07 Å². The van der Waals surface area contributed by atoms with E-state index in [1.165, 1.54) is 19.3 Å². The van der Waals surface area contributed by atoms with Crippen molar-refractivity contribution in [2.45, 2.75) is 46.0 Å². The molecular formula is C16H25N3O. The van der Waals surface area contributed by atoms with E-state index in [9.17, 15) is 4.79 Å². The lowest BCUT2D eigenvalue weighted by Gasteiger charge is -2.13. The zero-order valence-corrected chi connectivity index (χ0v) is 12.6. The maximum Gasteiger partial charge on any atom is 0.251 e. The molecule has 20 heavy (non-hydrogen) atoms. The molecule has 1 amide bonds. The molecule has 1 aliphatic rings. The molecule has 4 heteroatoms. The fraction of sp³-hybridized carbons (Fsp3) is 0.625. The summed E-state index contributed by atoms with van der Waals surface area (Å²) in [7, 11) is 0. The van der Waals surface area contributed by atoms with Crippen LogP contribution in [0, 0.1) is 11.8 Å². The zero-order chi connectivity index (χ0) is 14.7. The van der Waals surface area contributed by atoms with Crippen LogP contribution in [0.5, 0.6) is 0 Å². The molecule has 2 unspecified atom stereocenters. The Balaban J connectivity index is 1.98. The lowest BCUT2D eigenvalue weighted by Crippen LogP contribution is -2.28. The Hall–Kier alpha value is -1.58. The monoisotopic (exact) mass is 275 g/mol. The number of nitrogens with two attached hydrogens (primary N) is 1. The molecule has 1 aliphatic carbocycles. The van der Waals surface area contributed by atoms with E-state index in [0.29, 0.717) is 17.3 Å². The van der Waals surface area contributed by atoms with E-state index in [4.69, 9.17) is 5.73 Å². The number of amides is 1. The van der Waals surface area contributed by atoms with Gasteiger partial charge in [0.05, 0.1) is 0 Å². The third-order valence-corrected chi connectivity index (χ3v) is 4.07. The highest BCUT2D eigenvalue weighted by Crippen LogP contribution is 2.29.